The van der Waals surface area contributed by atoms with E-state index < -0.39 is 0 Å². The zero-order chi connectivity index (χ0) is 15.2. The predicted octanol–water partition coefficient (Wildman–Crippen LogP) is 3.95. The molecular formula is C16H22BrClN2O. The summed E-state index contributed by atoms with van der Waals surface area (Å²) in [6.07, 6.45) is 3.25. The first-order valence-corrected chi connectivity index (χ1v) is 8.74. The predicted molar refractivity (Wildman–Crippen MR) is 90.9 cm³/mol. The van der Waals surface area contributed by atoms with Crippen LogP contribution in [0.25, 0.3) is 0 Å². The molecule has 0 aromatic heterocycles. The Morgan fingerprint density at radius 3 is 2.81 bits per heavy atom. The molecule has 1 saturated heterocycles. The molecular weight excluding hydrogens is 352 g/mol. The van der Waals surface area contributed by atoms with Crippen LogP contribution in [-0.4, -0.2) is 37.0 Å². The highest BCUT2D eigenvalue weighted by molar-refractivity contribution is 9.10. The highest BCUT2D eigenvalue weighted by Crippen LogP contribution is 2.24. The van der Waals surface area contributed by atoms with E-state index in [1.54, 1.807) is 12.1 Å². The standard InChI is InChI=1S/C16H22BrClN2O/c1-2-9-20(11-12-5-7-19-8-6-12)16(21)14-10-13(18)3-4-15(14)17/h3-4,10,12,19H,2,5-9,11H2,1H3. The van der Waals surface area contributed by atoms with Gasteiger partial charge < -0.3 is 10.2 Å². The second kappa shape index (κ2) is 8.16. The van der Waals surface area contributed by atoms with Gasteiger partial charge in [-0.2, -0.15) is 0 Å². The van der Waals surface area contributed by atoms with Crippen molar-refractivity contribution in [1.29, 1.82) is 0 Å². The van der Waals surface area contributed by atoms with Gasteiger partial charge in [-0.1, -0.05) is 18.5 Å². The van der Waals surface area contributed by atoms with Gasteiger partial charge >= 0.3 is 0 Å². The minimum atomic E-state index is 0.0738. The molecule has 1 aromatic rings. The topological polar surface area (TPSA) is 32.3 Å². The molecule has 21 heavy (non-hydrogen) atoms. The molecule has 0 unspecified atom stereocenters. The van der Waals surface area contributed by atoms with E-state index in [2.05, 4.69) is 28.2 Å². The second-order valence-electron chi connectivity index (χ2n) is 5.57. The number of nitrogens with one attached hydrogen (secondary N) is 1. The minimum absolute atomic E-state index is 0.0738. The third-order valence-electron chi connectivity index (χ3n) is 3.88. The average molecular weight is 374 g/mol. The summed E-state index contributed by atoms with van der Waals surface area (Å²) in [5.74, 6) is 0.671. The molecule has 0 spiro atoms. The summed E-state index contributed by atoms with van der Waals surface area (Å²) in [5, 5.41) is 3.97. The molecule has 3 nitrogen and oxygen atoms in total. The van der Waals surface area contributed by atoms with Crippen LogP contribution in [0.5, 0.6) is 0 Å². The first-order chi connectivity index (χ1) is 10.1. The smallest absolute Gasteiger partial charge is 0.255 e. The van der Waals surface area contributed by atoms with E-state index in [0.717, 1.165) is 49.9 Å². The zero-order valence-electron chi connectivity index (χ0n) is 12.4. The number of nitrogens with zero attached hydrogens (tertiary/aromatic N) is 1. The van der Waals surface area contributed by atoms with Crippen molar-refractivity contribution in [3.05, 3.63) is 33.3 Å². The van der Waals surface area contributed by atoms with E-state index in [0.29, 0.717) is 16.5 Å². The third-order valence-corrected chi connectivity index (χ3v) is 4.80. The van der Waals surface area contributed by atoms with Crippen LogP contribution in [0.15, 0.2) is 22.7 Å². The van der Waals surface area contributed by atoms with Gasteiger partial charge in [0.15, 0.2) is 0 Å². The molecule has 116 valence electrons. The number of benzene rings is 1. The number of hydrogen-bond donors (Lipinski definition) is 1. The fraction of sp³-hybridized carbons (Fsp3) is 0.562. The lowest BCUT2D eigenvalue weighted by atomic mass is 9.97. The molecule has 1 aliphatic rings. The van der Waals surface area contributed by atoms with E-state index in [-0.39, 0.29) is 5.91 Å². The molecule has 0 radical (unpaired) electrons. The Balaban J connectivity index is 2.12. The Kier molecular flexibility index (Phi) is 6.52. The lowest BCUT2D eigenvalue weighted by Gasteiger charge is -2.30. The van der Waals surface area contributed by atoms with Gasteiger partial charge in [0.25, 0.3) is 5.91 Å². The molecule has 1 N–H and O–H groups in total. The van der Waals surface area contributed by atoms with Gasteiger partial charge in [-0.25, -0.2) is 0 Å². The number of halogens is 2. The van der Waals surface area contributed by atoms with Crippen LogP contribution >= 0.6 is 27.5 Å². The summed E-state index contributed by atoms with van der Waals surface area (Å²) >= 11 is 9.49. The largest absolute Gasteiger partial charge is 0.338 e. The van der Waals surface area contributed by atoms with Crippen LogP contribution in [0.1, 0.15) is 36.5 Å². The van der Waals surface area contributed by atoms with E-state index in [1.807, 2.05) is 11.0 Å². The Bertz CT molecular complexity index is 489. The van der Waals surface area contributed by atoms with Crippen LogP contribution in [0.2, 0.25) is 5.02 Å². The number of carbonyl (C=O) groups is 1. The van der Waals surface area contributed by atoms with Crippen molar-refractivity contribution in [2.24, 2.45) is 5.92 Å². The zero-order valence-corrected chi connectivity index (χ0v) is 14.7. The fourth-order valence-corrected chi connectivity index (χ4v) is 3.34. The molecule has 1 heterocycles. The Morgan fingerprint density at radius 1 is 1.43 bits per heavy atom. The van der Waals surface area contributed by atoms with Gasteiger partial charge in [-0.05, 0) is 72.4 Å². The van der Waals surface area contributed by atoms with Crippen molar-refractivity contribution in [1.82, 2.24) is 10.2 Å². The summed E-state index contributed by atoms with van der Waals surface area (Å²) in [5.41, 5.74) is 0.657. The summed E-state index contributed by atoms with van der Waals surface area (Å²) in [6.45, 7) is 5.85. The van der Waals surface area contributed by atoms with Crippen LogP contribution in [0.3, 0.4) is 0 Å². The summed E-state index contributed by atoms with van der Waals surface area (Å²) in [7, 11) is 0. The fourth-order valence-electron chi connectivity index (χ4n) is 2.75. The molecule has 5 heteroatoms. The monoisotopic (exact) mass is 372 g/mol. The van der Waals surface area contributed by atoms with Crippen LogP contribution < -0.4 is 5.32 Å². The maximum Gasteiger partial charge on any atom is 0.255 e. The number of amides is 1. The molecule has 1 aliphatic heterocycles. The van der Waals surface area contributed by atoms with Gasteiger partial charge in [0, 0.05) is 22.6 Å². The van der Waals surface area contributed by atoms with Crippen molar-refractivity contribution in [2.45, 2.75) is 26.2 Å². The van der Waals surface area contributed by atoms with Crippen LogP contribution in [0.4, 0.5) is 0 Å². The number of carbonyl (C=O) groups excluding carboxylic acids is 1. The Morgan fingerprint density at radius 2 is 2.14 bits per heavy atom. The maximum absolute atomic E-state index is 12.8. The molecule has 1 amide bonds. The van der Waals surface area contributed by atoms with Crippen molar-refractivity contribution in [3.63, 3.8) is 0 Å². The van der Waals surface area contributed by atoms with Crippen LogP contribution in [-0.2, 0) is 0 Å². The van der Waals surface area contributed by atoms with Gasteiger partial charge in [0.05, 0.1) is 5.56 Å². The van der Waals surface area contributed by atoms with Crippen molar-refractivity contribution in [2.75, 3.05) is 26.2 Å². The molecule has 0 bridgehead atoms. The molecule has 0 saturated carbocycles. The average Bonchev–Trinajstić information content (AvgIpc) is 2.49. The minimum Gasteiger partial charge on any atom is -0.338 e. The molecule has 2 rings (SSSR count). The van der Waals surface area contributed by atoms with E-state index >= 15 is 0 Å². The lowest BCUT2D eigenvalue weighted by Crippen LogP contribution is -2.39. The number of hydrogen-bond acceptors (Lipinski definition) is 2. The van der Waals surface area contributed by atoms with Crippen LogP contribution in [0, 0.1) is 5.92 Å². The van der Waals surface area contributed by atoms with Gasteiger partial charge in [0.2, 0.25) is 0 Å². The van der Waals surface area contributed by atoms with Gasteiger partial charge in [-0.15, -0.1) is 0 Å². The summed E-state index contributed by atoms with van der Waals surface area (Å²) in [4.78, 5) is 14.8. The SMILES string of the molecule is CCCN(CC1CCNCC1)C(=O)c1cc(Cl)ccc1Br. The highest BCUT2D eigenvalue weighted by atomic mass is 79.9. The van der Waals surface area contributed by atoms with E-state index in [1.165, 1.54) is 0 Å². The Hall–Kier alpha value is -0.580. The first-order valence-electron chi connectivity index (χ1n) is 7.57. The lowest BCUT2D eigenvalue weighted by molar-refractivity contribution is 0.0715. The van der Waals surface area contributed by atoms with E-state index in [4.69, 9.17) is 11.6 Å². The first kappa shape index (κ1) is 16.8. The normalized spacial score (nSPS) is 16.0. The quantitative estimate of drug-likeness (QED) is 0.847. The highest BCUT2D eigenvalue weighted by Gasteiger charge is 2.22. The summed E-state index contributed by atoms with van der Waals surface area (Å²) < 4.78 is 0.809. The number of piperidine rings is 1. The molecule has 1 aromatic carbocycles. The third kappa shape index (κ3) is 4.70. The second-order valence-corrected chi connectivity index (χ2v) is 6.86. The molecule has 0 atom stereocenters. The maximum atomic E-state index is 12.8. The van der Waals surface area contributed by atoms with Crippen molar-refractivity contribution >= 4 is 33.4 Å². The molecule has 1 fully saturated rings. The summed E-state index contributed by atoms with van der Waals surface area (Å²) in [6, 6.07) is 5.38. The van der Waals surface area contributed by atoms with Crippen molar-refractivity contribution in [3.8, 4) is 0 Å². The van der Waals surface area contributed by atoms with Gasteiger partial charge in [0.1, 0.15) is 0 Å². The van der Waals surface area contributed by atoms with Crippen molar-refractivity contribution < 1.29 is 4.79 Å². The number of rotatable bonds is 5. The molecule has 0 aliphatic carbocycles. The van der Waals surface area contributed by atoms with E-state index in [9.17, 15) is 4.79 Å². The van der Waals surface area contributed by atoms with Gasteiger partial charge in [-0.3, -0.25) is 4.79 Å². The Labute approximate surface area is 140 Å².